The van der Waals surface area contributed by atoms with Gasteiger partial charge in [-0.1, -0.05) is 24.3 Å². The molecule has 0 N–H and O–H groups in total. The van der Waals surface area contributed by atoms with Gasteiger partial charge in [-0.25, -0.2) is 8.78 Å². The molecule has 5 heteroatoms. The Kier molecular flexibility index (Phi) is 3.32. The van der Waals surface area contributed by atoms with Gasteiger partial charge < -0.3 is 0 Å². The van der Waals surface area contributed by atoms with Crippen LogP contribution in [0.4, 0.5) is 8.78 Å². The van der Waals surface area contributed by atoms with Gasteiger partial charge in [0, 0.05) is 5.56 Å². The van der Waals surface area contributed by atoms with E-state index in [1.165, 1.54) is 6.07 Å². The second-order valence-electron chi connectivity index (χ2n) is 2.65. The Morgan fingerprint density at radius 1 is 1.23 bits per heavy atom. The van der Waals surface area contributed by atoms with Gasteiger partial charge in [0.25, 0.3) is 5.55 Å². The fourth-order valence-electron chi connectivity index (χ4n) is 1.03. The molecule has 1 aromatic carbocycles. The topological polar surface area (TPSA) is 0 Å². The second-order valence-corrected chi connectivity index (χ2v) is 6.65. The molecule has 0 amide bonds. The number of alkyl halides is 2. The van der Waals surface area contributed by atoms with Crippen molar-refractivity contribution in [3.8, 4) is 0 Å². The van der Waals surface area contributed by atoms with Crippen LogP contribution in [0.3, 0.4) is 0 Å². The summed E-state index contributed by atoms with van der Waals surface area (Å²) in [5.74, 6) is 0. The zero-order chi connectivity index (χ0) is 10.1. The van der Waals surface area contributed by atoms with Gasteiger partial charge in [-0.3, -0.25) is 0 Å². The Morgan fingerprint density at radius 2 is 1.77 bits per heavy atom. The largest absolute Gasteiger partial charge is 0.359 e. The predicted octanol–water partition coefficient (Wildman–Crippen LogP) is 3.59. The van der Waals surface area contributed by atoms with Gasteiger partial charge in [0.05, 0.1) is 0 Å². The quantitative estimate of drug-likeness (QED) is 0.547. The molecule has 13 heavy (non-hydrogen) atoms. The SMILES string of the molecule is Cc1ccccc1C(F)(F)[Si](Cl)Cl. The highest BCUT2D eigenvalue weighted by atomic mass is 35.7. The van der Waals surface area contributed by atoms with Crippen molar-refractivity contribution >= 4 is 29.6 Å². The third-order valence-electron chi connectivity index (χ3n) is 1.72. The van der Waals surface area contributed by atoms with Crippen molar-refractivity contribution in [1.29, 1.82) is 0 Å². The highest BCUT2D eigenvalue weighted by molar-refractivity contribution is 7.34. The van der Waals surface area contributed by atoms with E-state index in [1.807, 2.05) is 0 Å². The standard InChI is InChI=1S/C8H7Cl2F2Si/c1-6-4-2-3-5-7(6)8(11,12)13(9)10/h2-5H,1H3. The lowest BCUT2D eigenvalue weighted by molar-refractivity contribution is 0.0897. The summed E-state index contributed by atoms with van der Waals surface area (Å²) >= 11 is 10.6. The lowest BCUT2D eigenvalue weighted by Crippen LogP contribution is -2.27. The molecule has 0 heterocycles. The van der Waals surface area contributed by atoms with Crippen molar-refractivity contribution in [3.05, 3.63) is 35.4 Å². The molecule has 0 saturated heterocycles. The zero-order valence-corrected chi connectivity index (χ0v) is 9.33. The van der Waals surface area contributed by atoms with Gasteiger partial charge in [-0.15, -0.1) is 22.2 Å². The Labute approximate surface area is 86.5 Å². The Balaban J connectivity index is 3.14. The zero-order valence-electron chi connectivity index (χ0n) is 6.82. The Morgan fingerprint density at radius 3 is 2.23 bits per heavy atom. The van der Waals surface area contributed by atoms with Crippen molar-refractivity contribution < 1.29 is 8.78 Å². The van der Waals surface area contributed by atoms with Crippen LogP contribution in [-0.2, 0) is 5.55 Å². The number of rotatable bonds is 2. The highest BCUT2D eigenvalue weighted by Crippen LogP contribution is 2.35. The van der Waals surface area contributed by atoms with E-state index in [9.17, 15) is 8.78 Å². The van der Waals surface area contributed by atoms with E-state index >= 15 is 0 Å². The molecule has 0 spiro atoms. The Hall–Kier alpha value is -0.123. The molecule has 1 radical (unpaired) electrons. The van der Waals surface area contributed by atoms with E-state index < -0.39 is 13.0 Å². The van der Waals surface area contributed by atoms with Crippen LogP contribution in [0.5, 0.6) is 0 Å². The van der Waals surface area contributed by atoms with Gasteiger partial charge in [0.1, 0.15) is 0 Å². The molecule has 0 bridgehead atoms. The molecule has 0 nitrogen and oxygen atoms in total. The van der Waals surface area contributed by atoms with E-state index in [1.54, 1.807) is 25.1 Å². The molecule has 0 atom stereocenters. The number of halogens is 4. The van der Waals surface area contributed by atoms with Crippen LogP contribution in [-0.4, -0.2) is 7.42 Å². The van der Waals surface area contributed by atoms with E-state index in [2.05, 4.69) is 0 Å². The van der Waals surface area contributed by atoms with Crippen LogP contribution in [0.15, 0.2) is 24.3 Å². The average molecular weight is 240 g/mol. The first-order valence-electron chi connectivity index (χ1n) is 3.58. The maximum absolute atomic E-state index is 13.3. The smallest absolute Gasteiger partial charge is 0.203 e. The minimum absolute atomic E-state index is 0.0751. The first-order chi connectivity index (χ1) is 5.96. The molecule has 1 aromatic rings. The first kappa shape index (κ1) is 11.0. The number of hydrogen-bond donors (Lipinski definition) is 0. The lowest BCUT2D eigenvalue weighted by atomic mass is 10.1. The van der Waals surface area contributed by atoms with Crippen molar-refractivity contribution in [3.63, 3.8) is 0 Å². The first-order valence-corrected chi connectivity index (χ1v) is 7.11. The molecular formula is C8H7Cl2F2Si. The average Bonchev–Trinajstić information content (AvgIpc) is 2.04. The minimum atomic E-state index is -3.08. The molecule has 0 aliphatic heterocycles. The third-order valence-corrected chi connectivity index (χ3v) is 3.89. The van der Waals surface area contributed by atoms with Crippen molar-refractivity contribution in [2.75, 3.05) is 0 Å². The fraction of sp³-hybridized carbons (Fsp3) is 0.250. The summed E-state index contributed by atoms with van der Waals surface area (Å²) in [5.41, 5.74) is -2.65. The van der Waals surface area contributed by atoms with Gasteiger partial charge >= 0.3 is 7.42 Å². The van der Waals surface area contributed by atoms with Crippen molar-refractivity contribution in [2.45, 2.75) is 12.5 Å². The van der Waals surface area contributed by atoms with Crippen LogP contribution in [0, 0.1) is 6.92 Å². The van der Waals surface area contributed by atoms with Crippen molar-refractivity contribution in [1.82, 2.24) is 0 Å². The summed E-state index contributed by atoms with van der Waals surface area (Å²) in [7, 11) is -2.67. The highest BCUT2D eigenvalue weighted by Gasteiger charge is 2.42. The van der Waals surface area contributed by atoms with Crippen LogP contribution in [0.1, 0.15) is 11.1 Å². The summed E-state index contributed by atoms with van der Waals surface area (Å²) in [6.45, 7) is 1.61. The van der Waals surface area contributed by atoms with Crippen LogP contribution >= 0.6 is 22.2 Å². The van der Waals surface area contributed by atoms with Gasteiger partial charge in [-0.05, 0) is 12.5 Å². The summed E-state index contributed by atoms with van der Waals surface area (Å²) < 4.78 is 26.6. The maximum Gasteiger partial charge on any atom is 0.359 e. The number of aryl methyl sites for hydroxylation is 1. The Bertz CT molecular complexity index is 302. The van der Waals surface area contributed by atoms with Gasteiger partial charge in [0.15, 0.2) is 0 Å². The summed E-state index contributed by atoms with van der Waals surface area (Å²) in [6, 6.07) is 6.21. The van der Waals surface area contributed by atoms with E-state index in [0.717, 1.165) is 0 Å². The second kappa shape index (κ2) is 3.94. The predicted molar refractivity (Wildman–Crippen MR) is 52.5 cm³/mol. The molecule has 0 aliphatic rings. The van der Waals surface area contributed by atoms with Gasteiger partial charge in [0.2, 0.25) is 0 Å². The van der Waals surface area contributed by atoms with E-state index in [4.69, 9.17) is 22.2 Å². The van der Waals surface area contributed by atoms with E-state index in [-0.39, 0.29) is 5.56 Å². The lowest BCUT2D eigenvalue weighted by Gasteiger charge is -2.17. The molecule has 0 aromatic heterocycles. The molecule has 71 valence electrons. The third kappa shape index (κ3) is 2.21. The molecule has 0 saturated carbocycles. The normalized spacial score (nSPS) is 12.2. The fourth-order valence-corrected chi connectivity index (χ4v) is 2.12. The monoisotopic (exact) mass is 239 g/mol. The van der Waals surface area contributed by atoms with Crippen LogP contribution in [0.2, 0.25) is 0 Å². The number of benzene rings is 1. The van der Waals surface area contributed by atoms with Crippen LogP contribution < -0.4 is 0 Å². The molecular weight excluding hydrogens is 233 g/mol. The minimum Gasteiger partial charge on any atom is -0.203 e. The summed E-state index contributed by atoms with van der Waals surface area (Å²) in [5, 5.41) is 0. The van der Waals surface area contributed by atoms with Gasteiger partial charge in [-0.2, -0.15) is 0 Å². The summed E-state index contributed by atoms with van der Waals surface area (Å²) in [4.78, 5) is 0. The summed E-state index contributed by atoms with van der Waals surface area (Å²) in [6.07, 6.45) is 0. The molecule has 0 fully saturated rings. The van der Waals surface area contributed by atoms with Crippen molar-refractivity contribution in [2.24, 2.45) is 0 Å². The molecule has 0 aliphatic carbocycles. The van der Waals surface area contributed by atoms with E-state index in [0.29, 0.717) is 5.56 Å². The van der Waals surface area contributed by atoms with Crippen LogP contribution in [0.25, 0.3) is 0 Å². The number of hydrogen-bond acceptors (Lipinski definition) is 0. The molecule has 0 unspecified atom stereocenters. The maximum atomic E-state index is 13.3. The molecule has 1 rings (SSSR count).